The maximum Gasteiger partial charge on any atom is 0.260 e. The van der Waals surface area contributed by atoms with Crippen molar-refractivity contribution in [3.8, 4) is 17.4 Å². The Labute approximate surface area is 172 Å². The van der Waals surface area contributed by atoms with Crippen molar-refractivity contribution < 1.29 is 14.3 Å². The first-order valence-electron chi connectivity index (χ1n) is 8.48. The number of halogens is 2. The molecule has 0 spiro atoms. The molecule has 1 atom stereocenters. The summed E-state index contributed by atoms with van der Waals surface area (Å²) in [5, 5.41) is 3.16. The van der Waals surface area contributed by atoms with E-state index in [2.05, 4.69) is 10.3 Å². The van der Waals surface area contributed by atoms with Gasteiger partial charge in [-0.15, -0.1) is 24.8 Å². The number of aromatic nitrogens is 1. The Morgan fingerprint density at radius 3 is 2.59 bits per heavy atom. The van der Waals surface area contributed by atoms with Crippen LogP contribution < -0.4 is 14.8 Å². The standard InChI is InChI=1S/C19H23N3O3.2ClH/c1-20-12-15-9-11-22(13-15)19(23)14-24-16-5-7-17(8-6-16)25-18-4-2-3-10-21-18;;/h2-8,10,15,20H,9,11-14H2,1H3;2*1H. The Morgan fingerprint density at radius 1 is 1.19 bits per heavy atom. The molecule has 0 saturated carbocycles. The zero-order valence-electron chi connectivity index (χ0n) is 15.2. The van der Waals surface area contributed by atoms with Gasteiger partial charge < -0.3 is 19.7 Å². The van der Waals surface area contributed by atoms with Gasteiger partial charge in [-0.1, -0.05) is 6.07 Å². The van der Waals surface area contributed by atoms with E-state index in [0.717, 1.165) is 26.1 Å². The number of ether oxygens (including phenoxy) is 2. The number of hydrogen-bond acceptors (Lipinski definition) is 5. The Morgan fingerprint density at radius 2 is 1.93 bits per heavy atom. The molecule has 1 unspecified atom stereocenters. The average molecular weight is 414 g/mol. The minimum Gasteiger partial charge on any atom is -0.484 e. The van der Waals surface area contributed by atoms with Crippen molar-refractivity contribution in [1.82, 2.24) is 15.2 Å². The molecule has 1 aromatic carbocycles. The van der Waals surface area contributed by atoms with E-state index in [-0.39, 0.29) is 37.3 Å². The number of nitrogens with zero attached hydrogens (tertiary/aromatic N) is 2. The summed E-state index contributed by atoms with van der Waals surface area (Å²) in [4.78, 5) is 18.2. The number of carbonyl (C=O) groups excluding carboxylic acids is 1. The van der Waals surface area contributed by atoms with Gasteiger partial charge in [-0.05, 0) is 56.3 Å². The van der Waals surface area contributed by atoms with Crippen LogP contribution in [0.4, 0.5) is 0 Å². The third kappa shape index (κ3) is 6.90. The topological polar surface area (TPSA) is 63.7 Å². The maximum atomic E-state index is 12.2. The molecule has 1 fully saturated rings. The molecule has 6 nitrogen and oxygen atoms in total. The molecule has 1 aliphatic heterocycles. The van der Waals surface area contributed by atoms with Gasteiger partial charge in [0.1, 0.15) is 11.5 Å². The average Bonchev–Trinajstić information content (AvgIpc) is 3.11. The molecule has 1 amide bonds. The number of rotatable bonds is 7. The fourth-order valence-electron chi connectivity index (χ4n) is 2.88. The van der Waals surface area contributed by atoms with Crippen molar-refractivity contribution >= 4 is 30.7 Å². The van der Waals surface area contributed by atoms with Crippen molar-refractivity contribution in [3.63, 3.8) is 0 Å². The first-order chi connectivity index (χ1) is 12.2. The fourth-order valence-corrected chi connectivity index (χ4v) is 2.88. The lowest BCUT2D eigenvalue weighted by molar-refractivity contribution is -0.132. The normalized spacial score (nSPS) is 15.4. The van der Waals surface area contributed by atoms with E-state index in [4.69, 9.17) is 9.47 Å². The van der Waals surface area contributed by atoms with Crippen molar-refractivity contribution in [2.45, 2.75) is 6.42 Å². The first-order valence-corrected chi connectivity index (χ1v) is 8.48. The molecule has 2 aromatic rings. The number of carbonyl (C=O) groups is 1. The predicted octanol–water partition coefficient (Wildman–Crippen LogP) is 3.16. The van der Waals surface area contributed by atoms with Crippen LogP contribution in [-0.2, 0) is 4.79 Å². The molecule has 8 heteroatoms. The van der Waals surface area contributed by atoms with Crippen LogP contribution in [0, 0.1) is 5.92 Å². The molecule has 148 valence electrons. The molecule has 1 N–H and O–H groups in total. The lowest BCUT2D eigenvalue weighted by Crippen LogP contribution is -2.34. The summed E-state index contributed by atoms with van der Waals surface area (Å²) >= 11 is 0. The summed E-state index contributed by atoms with van der Waals surface area (Å²) in [7, 11) is 1.94. The van der Waals surface area contributed by atoms with E-state index >= 15 is 0 Å². The molecule has 1 aliphatic rings. The van der Waals surface area contributed by atoms with Crippen LogP contribution in [0.5, 0.6) is 17.4 Å². The third-order valence-corrected chi connectivity index (χ3v) is 4.18. The van der Waals surface area contributed by atoms with E-state index in [1.807, 2.05) is 24.1 Å². The second kappa shape index (κ2) is 11.6. The highest BCUT2D eigenvalue weighted by atomic mass is 35.5. The molecule has 3 rings (SSSR count). The molecule has 0 radical (unpaired) electrons. The van der Waals surface area contributed by atoms with E-state index in [0.29, 0.717) is 23.3 Å². The monoisotopic (exact) mass is 413 g/mol. The summed E-state index contributed by atoms with van der Waals surface area (Å²) in [6.07, 6.45) is 2.73. The van der Waals surface area contributed by atoms with E-state index in [1.54, 1.807) is 36.5 Å². The Balaban J connectivity index is 0.00000182. The van der Waals surface area contributed by atoms with Crippen LogP contribution in [0.25, 0.3) is 0 Å². The summed E-state index contributed by atoms with van der Waals surface area (Å²) < 4.78 is 11.2. The van der Waals surface area contributed by atoms with Crippen LogP contribution in [0.15, 0.2) is 48.7 Å². The van der Waals surface area contributed by atoms with Crippen molar-refractivity contribution in [3.05, 3.63) is 48.7 Å². The smallest absolute Gasteiger partial charge is 0.260 e. The Hall–Kier alpha value is -2.02. The number of pyridine rings is 1. The van der Waals surface area contributed by atoms with E-state index in [9.17, 15) is 4.79 Å². The molecule has 2 heterocycles. The van der Waals surface area contributed by atoms with Crippen molar-refractivity contribution in [2.24, 2.45) is 5.92 Å². The number of amides is 1. The zero-order valence-corrected chi connectivity index (χ0v) is 16.8. The molecule has 0 aliphatic carbocycles. The second-order valence-corrected chi connectivity index (χ2v) is 6.08. The number of nitrogens with one attached hydrogen (secondary N) is 1. The van der Waals surface area contributed by atoms with Crippen LogP contribution in [-0.4, -0.2) is 49.1 Å². The summed E-state index contributed by atoms with van der Waals surface area (Å²) in [6.45, 7) is 2.63. The van der Waals surface area contributed by atoms with Gasteiger partial charge in [0.05, 0.1) is 0 Å². The molecule has 1 saturated heterocycles. The van der Waals surface area contributed by atoms with Gasteiger partial charge in [0.2, 0.25) is 5.88 Å². The van der Waals surface area contributed by atoms with Crippen LogP contribution in [0.1, 0.15) is 6.42 Å². The van der Waals surface area contributed by atoms with Gasteiger partial charge in [0, 0.05) is 25.4 Å². The van der Waals surface area contributed by atoms with Crippen molar-refractivity contribution in [1.29, 1.82) is 0 Å². The summed E-state index contributed by atoms with van der Waals surface area (Å²) in [5.74, 6) is 2.43. The summed E-state index contributed by atoms with van der Waals surface area (Å²) in [5.41, 5.74) is 0. The van der Waals surface area contributed by atoms with Gasteiger partial charge >= 0.3 is 0 Å². The molecular weight excluding hydrogens is 389 g/mol. The second-order valence-electron chi connectivity index (χ2n) is 6.08. The Kier molecular flexibility index (Phi) is 9.93. The minimum atomic E-state index is 0. The SMILES string of the molecule is CNCC1CCN(C(=O)COc2ccc(Oc3ccccn3)cc2)C1.Cl.Cl. The van der Waals surface area contributed by atoms with Gasteiger partial charge in [-0.3, -0.25) is 4.79 Å². The summed E-state index contributed by atoms with van der Waals surface area (Å²) in [6, 6.07) is 12.7. The fraction of sp³-hybridized carbons (Fsp3) is 0.368. The lowest BCUT2D eigenvalue weighted by atomic mass is 10.1. The quantitative estimate of drug-likeness (QED) is 0.754. The zero-order chi connectivity index (χ0) is 17.5. The van der Waals surface area contributed by atoms with Crippen LogP contribution in [0.3, 0.4) is 0 Å². The van der Waals surface area contributed by atoms with Gasteiger partial charge in [0.15, 0.2) is 6.61 Å². The van der Waals surface area contributed by atoms with Gasteiger partial charge in [-0.2, -0.15) is 0 Å². The minimum absolute atomic E-state index is 0. The largest absolute Gasteiger partial charge is 0.484 e. The Bertz CT molecular complexity index is 686. The van der Waals surface area contributed by atoms with Gasteiger partial charge in [0.25, 0.3) is 5.91 Å². The van der Waals surface area contributed by atoms with Gasteiger partial charge in [-0.25, -0.2) is 4.98 Å². The van der Waals surface area contributed by atoms with E-state index in [1.165, 1.54) is 0 Å². The van der Waals surface area contributed by atoms with Crippen LogP contribution in [0.2, 0.25) is 0 Å². The third-order valence-electron chi connectivity index (χ3n) is 4.18. The molecule has 1 aromatic heterocycles. The van der Waals surface area contributed by atoms with Crippen molar-refractivity contribution in [2.75, 3.05) is 33.3 Å². The highest BCUT2D eigenvalue weighted by Gasteiger charge is 2.25. The van der Waals surface area contributed by atoms with Crippen LogP contribution >= 0.6 is 24.8 Å². The maximum absolute atomic E-state index is 12.2. The highest BCUT2D eigenvalue weighted by molar-refractivity contribution is 5.85. The van der Waals surface area contributed by atoms with E-state index < -0.39 is 0 Å². The molecule has 27 heavy (non-hydrogen) atoms. The predicted molar refractivity (Wildman–Crippen MR) is 109 cm³/mol. The number of likely N-dealkylation sites (tertiary alicyclic amines) is 1. The highest BCUT2D eigenvalue weighted by Crippen LogP contribution is 2.22. The molecular formula is C19H25Cl2N3O3. The first kappa shape index (κ1) is 23.0. The number of benzene rings is 1. The number of hydrogen-bond donors (Lipinski definition) is 1. The lowest BCUT2D eigenvalue weighted by Gasteiger charge is -2.17. The molecule has 0 bridgehead atoms.